The lowest BCUT2D eigenvalue weighted by Crippen LogP contribution is -2.29. The quantitative estimate of drug-likeness (QED) is 0.842. The van der Waals surface area contributed by atoms with Crippen LogP contribution in [0, 0.1) is 5.92 Å². The van der Waals surface area contributed by atoms with Crippen LogP contribution in [0.1, 0.15) is 19.3 Å². The molecule has 1 aliphatic carbocycles. The van der Waals surface area contributed by atoms with Gasteiger partial charge in [-0.2, -0.15) is 0 Å². The molecule has 0 aromatic carbocycles. The number of nitrogens with zero attached hydrogens (tertiary/aromatic N) is 1. The van der Waals surface area contributed by atoms with E-state index in [1.807, 2.05) is 0 Å². The van der Waals surface area contributed by atoms with Gasteiger partial charge in [-0.1, -0.05) is 11.6 Å². The van der Waals surface area contributed by atoms with Crippen LogP contribution in [-0.4, -0.2) is 16.9 Å². The zero-order valence-electron chi connectivity index (χ0n) is 8.82. The monoisotopic (exact) mass is 239 g/mol. The van der Waals surface area contributed by atoms with E-state index in [2.05, 4.69) is 10.3 Å². The summed E-state index contributed by atoms with van der Waals surface area (Å²) in [4.78, 5) is 15.6. The third kappa shape index (κ3) is 3.18. The highest BCUT2D eigenvalue weighted by Crippen LogP contribution is 2.32. The molecule has 86 valence electrons. The molecule has 0 saturated heterocycles. The second-order valence-electron chi connectivity index (χ2n) is 4.12. The molecule has 1 aliphatic rings. The lowest BCUT2D eigenvalue weighted by Gasteiger charge is -2.09. The number of rotatable bonds is 4. The molecule has 1 amide bonds. The summed E-state index contributed by atoms with van der Waals surface area (Å²) in [6.07, 6.45) is 4.15. The molecule has 5 heteroatoms. The van der Waals surface area contributed by atoms with E-state index in [-0.39, 0.29) is 11.9 Å². The minimum atomic E-state index is -0.0887. The Balaban J connectivity index is 1.84. The number of hydrogen-bond acceptors (Lipinski definition) is 3. The number of amides is 1. The molecule has 0 spiro atoms. The van der Waals surface area contributed by atoms with Gasteiger partial charge in [0.2, 0.25) is 5.91 Å². The summed E-state index contributed by atoms with van der Waals surface area (Å²) in [5.41, 5.74) is 5.86. The molecule has 1 unspecified atom stereocenters. The van der Waals surface area contributed by atoms with Crippen LogP contribution in [-0.2, 0) is 4.79 Å². The second kappa shape index (κ2) is 4.80. The van der Waals surface area contributed by atoms with Crippen molar-refractivity contribution in [1.82, 2.24) is 4.98 Å². The van der Waals surface area contributed by atoms with E-state index in [0.717, 1.165) is 12.8 Å². The first-order valence-electron chi connectivity index (χ1n) is 5.32. The standard InChI is InChI=1S/C11H14ClN3O/c12-8-3-4-10(14-6-8)15-11(16)5-9(13)7-1-2-7/h3-4,6-7,9H,1-2,5,13H2,(H,14,15,16). The zero-order chi connectivity index (χ0) is 11.5. The van der Waals surface area contributed by atoms with Gasteiger partial charge in [-0.25, -0.2) is 4.98 Å². The van der Waals surface area contributed by atoms with Crippen LogP contribution < -0.4 is 11.1 Å². The maximum atomic E-state index is 11.6. The molecule has 1 atom stereocenters. The molecule has 0 radical (unpaired) electrons. The smallest absolute Gasteiger partial charge is 0.227 e. The normalized spacial score (nSPS) is 16.9. The predicted octanol–water partition coefficient (Wildman–Crippen LogP) is 1.80. The molecule has 3 N–H and O–H groups in total. The summed E-state index contributed by atoms with van der Waals surface area (Å²) in [5.74, 6) is 0.954. The minimum Gasteiger partial charge on any atom is -0.327 e. The van der Waals surface area contributed by atoms with E-state index in [1.54, 1.807) is 12.1 Å². The van der Waals surface area contributed by atoms with Crippen molar-refractivity contribution in [1.29, 1.82) is 0 Å². The van der Waals surface area contributed by atoms with Crippen molar-refractivity contribution in [2.75, 3.05) is 5.32 Å². The molecule has 1 aromatic rings. The summed E-state index contributed by atoms with van der Waals surface area (Å²) in [7, 11) is 0. The van der Waals surface area contributed by atoms with Gasteiger partial charge in [0.15, 0.2) is 0 Å². The minimum absolute atomic E-state index is 0.0210. The van der Waals surface area contributed by atoms with Crippen LogP contribution in [0.5, 0.6) is 0 Å². The summed E-state index contributed by atoms with van der Waals surface area (Å²) in [5, 5.41) is 3.24. The third-order valence-corrected chi connectivity index (χ3v) is 2.87. The largest absolute Gasteiger partial charge is 0.327 e. The van der Waals surface area contributed by atoms with Crippen molar-refractivity contribution >= 4 is 23.3 Å². The molecule has 1 heterocycles. The SMILES string of the molecule is NC(CC(=O)Nc1ccc(Cl)cn1)C1CC1. The number of nitrogens with two attached hydrogens (primary N) is 1. The molecule has 1 saturated carbocycles. The van der Waals surface area contributed by atoms with E-state index in [4.69, 9.17) is 17.3 Å². The number of aromatic nitrogens is 1. The Morgan fingerprint density at radius 1 is 1.62 bits per heavy atom. The molecule has 1 fully saturated rings. The molecule has 4 nitrogen and oxygen atoms in total. The highest BCUT2D eigenvalue weighted by Gasteiger charge is 2.29. The number of nitrogens with one attached hydrogen (secondary N) is 1. The number of pyridine rings is 1. The van der Waals surface area contributed by atoms with Crippen molar-refractivity contribution in [2.24, 2.45) is 11.7 Å². The first-order valence-corrected chi connectivity index (χ1v) is 5.70. The molecule has 16 heavy (non-hydrogen) atoms. The average molecular weight is 240 g/mol. The van der Waals surface area contributed by atoms with Crippen LogP contribution in [0.4, 0.5) is 5.82 Å². The third-order valence-electron chi connectivity index (χ3n) is 2.64. The van der Waals surface area contributed by atoms with Crippen LogP contribution in [0.25, 0.3) is 0 Å². The van der Waals surface area contributed by atoms with E-state index >= 15 is 0 Å². The molecule has 0 bridgehead atoms. The fourth-order valence-electron chi connectivity index (χ4n) is 1.55. The Morgan fingerprint density at radius 3 is 2.94 bits per heavy atom. The Bertz CT molecular complexity index is 375. The van der Waals surface area contributed by atoms with Crippen LogP contribution >= 0.6 is 11.6 Å². The highest BCUT2D eigenvalue weighted by molar-refractivity contribution is 6.30. The number of hydrogen-bond donors (Lipinski definition) is 2. The molecular formula is C11H14ClN3O. The fraction of sp³-hybridized carbons (Fsp3) is 0.455. The van der Waals surface area contributed by atoms with E-state index in [0.29, 0.717) is 23.2 Å². The Hall–Kier alpha value is -1.13. The van der Waals surface area contributed by atoms with Crippen molar-refractivity contribution in [3.05, 3.63) is 23.4 Å². The van der Waals surface area contributed by atoms with Gasteiger partial charge >= 0.3 is 0 Å². The van der Waals surface area contributed by atoms with Crippen molar-refractivity contribution in [2.45, 2.75) is 25.3 Å². The van der Waals surface area contributed by atoms with E-state index in [1.165, 1.54) is 6.20 Å². The van der Waals surface area contributed by atoms with Gasteiger partial charge in [-0.05, 0) is 30.9 Å². The number of anilines is 1. The number of carbonyl (C=O) groups excluding carboxylic acids is 1. The van der Waals surface area contributed by atoms with Crippen molar-refractivity contribution in [3.63, 3.8) is 0 Å². The molecule has 0 aliphatic heterocycles. The lowest BCUT2D eigenvalue weighted by atomic mass is 10.1. The van der Waals surface area contributed by atoms with Gasteiger partial charge in [0, 0.05) is 18.7 Å². The van der Waals surface area contributed by atoms with Crippen molar-refractivity contribution < 1.29 is 4.79 Å². The maximum absolute atomic E-state index is 11.6. The summed E-state index contributed by atoms with van der Waals surface area (Å²) >= 11 is 5.69. The maximum Gasteiger partial charge on any atom is 0.227 e. The molecular weight excluding hydrogens is 226 g/mol. The van der Waals surface area contributed by atoms with Crippen LogP contribution in [0.2, 0.25) is 5.02 Å². The zero-order valence-corrected chi connectivity index (χ0v) is 9.57. The van der Waals surface area contributed by atoms with Crippen molar-refractivity contribution in [3.8, 4) is 0 Å². The predicted molar refractivity (Wildman–Crippen MR) is 63.2 cm³/mol. The van der Waals surface area contributed by atoms with Gasteiger partial charge in [-0.3, -0.25) is 4.79 Å². The van der Waals surface area contributed by atoms with Gasteiger partial charge in [0.05, 0.1) is 5.02 Å². The fourth-order valence-corrected chi connectivity index (χ4v) is 1.66. The average Bonchev–Trinajstić information content (AvgIpc) is 3.04. The summed E-state index contributed by atoms with van der Waals surface area (Å²) in [6.45, 7) is 0. The molecule has 2 rings (SSSR count). The first kappa shape index (κ1) is 11.4. The summed E-state index contributed by atoms with van der Waals surface area (Å²) in [6, 6.07) is 3.33. The second-order valence-corrected chi connectivity index (χ2v) is 4.55. The van der Waals surface area contributed by atoms with Gasteiger partial charge in [-0.15, -0.1) is 0 Å². The summed E-state index contributed by atoms with van der Waals surface area (Å²) < 4.78 is 0. The molecule has 1 aromatic heterocycles. The van der Waals surface area contributed by atoms with E-state index < -0.39 is 0 Å². The first-order chi connectivity index (χ1) is 7.65. The Morgan fingerprint density at radius 2 is 2.38 bits per heavy atom. The topological polar surface area (TPSA) is 68.0 Å². The van der Waals surface area contributed by atoms with Gasteiger partial charge < -0.3 is 11.1 Å². The highest BCUT2D eigenvalue weighted by atomic mass is 35.5. The Kier molecular flexibility index (Phi) is 3.41. The van der Waals surface area contributed by atoms with Gasteiger partial charge in [0.1, 0.15) is 5.82 Å². The lowest BCUT2D eigenvalue weighted by molar-refractivity contribution is -0.116. The van der Waals surface area contributed by atoms with E-state index in [9.17, 15) is 4.79 Å². The number of carbonyl (C=O) groups is 1. The number of halogens is 1. The van der Waals surface area contributed by atoms with Crippen LogP contribution in [0.15, 0.2) is 18.3 Å². The van der Waals surface area contributed by atoms with Crippen LogP contribution in [0.3, 0.4) is 0 Å². The van der Waals surface area contributed by atoms with Gasteiger partial charge in [0.25, 0.3) is 0 Å². The Labute approximate surface area is 99.2 Å².